The van der Waals surface area contributed by atoms with Crippen LogP contribution < -0.4 is 10.2 Å². The van der Waals surface area contributed by atoms with Crippen molar-refractivity contribution in [1.82, 2.24) is 15.0 Å². The maximum Gasteiger partial charge on any atom is 0.158 e. The molecule has 1 fully saturated rings. The van der Waals surface area contributed by atoms with Crippen LogP contribution in [0, 0.1) is 0 Å². The Labute approximate surface area is 133 Å². The molecule has 112 valence electrons. The second kappa shape index (κ2) is 5.17. The smallest absolute Gasteiger partial charge is 0.158 e. The summed E-state index contributed by atoms with van der Waals surface area (Å²) in [5, 5.41) is 4.88. The Morgan fingerprint density at radius 3 is 2.77 bits per heavy atom. The van der Waals surface area contributed by atoms with E-state index in [2.05, 4.69) is 20.3 Å². The summed E-state index contributed by atoms with van der Waals surface area (Å²) in [6.07, 6.45) is 5.71. The van der Waals surface area contributed by atoms with E-state index in [1.54, 1.807) is 17.8 Å². The third kappa shape index (κ3) is 2.27. The van der Waals surface area contributed by atoms with E-state index >= 15 is 0 Å². The van der Waals surface area contributed by atoms with E-state index in [9.17, 15) is 0 Å². The number of aromatic amines is 1. The van der Waals surface area contributed by atoms with Gasteiger partial charge < -0.3 is 15.2 Å². The van der Waals surface area contributed by atoms with Crippen molar-refractivity contribution in [3.05, 3.63) is 36.0 Å². The molecule has 0 amide bonds. The minimum absolute atomic E-state index is 0.239. The zero-order chi connectivity index (χ0) is 15.1. The van der Waals surface area contributed by atoms with Gasteiger partial charge in [0, 0.05) is 36.4 Å². The number of hydrogen-bond acceptors (Lipinski definition) is 6. The number of fused-ring (bicyclic) bond motifs is 1. The van der Waals surface area contributed by atoms with E-state index in [0.717, 1.165) is 28.9 Å². The number of hydrogen-bond donors (Lipinski definition) is 2. The summed E-state index contributed by atoms with van der Waals surface area (Å²) in [5.74, 6) is 3.27. The summed E-state index contributed by atoms with van der Waals surface area (Å²) in [5.41, 5.74) is 1.95. The van der Waals surface area contributed by atoms with Gasteiger partial charge in [0.1, 0.15) is 11.5 Å². The van der Waals surface area contributed by atoms with Crippen molar-refractivity contribution in [3.63, 3.8) is 0 Å². The molecule has 1 unspecified atom stereocenters. The second-order valence-corrected chi connectivity index (χ2v) is 5.83. The fourth-order valence-electron chi connectivity index (χ4n) is 2.59. The molecule has 22 heavy (non-hydrogen) atoms. The fraction of sp³-hybridized carbons (Fsp3) is 0.333. The number of amidine groups is 1. The Balaban J connectivity index is 1.76. The van der Waals surface area contributed by atoms with Crippen LogP contribution in [0.1, 0.15) is 30.3 Å². The third-order valence-electron chi connectivity index (χ3n) is 3.95. The number of pyridine rings is 1. The average Bonchev–Trinajstić information content (AvgIpc) is 3.33. The summed E-state index contributed by atoms with van der Waals surface area (Å²) < 4.78 is 0. The molecular formula is C15H16N6S. The quantitative estimate of drug-likeness (QED) is 0.851. The molecule has 0 bridgehead atoms. The van der Waals surface area contributed by atoms with Crippen LogP contribution in [0.15, 0.2) is 29.5 Å². The highest BCUT2D eigenvalue weighted by Gasteiger charge is 2.32. The summed E-state index contributed by atoms with van der Waals surface area (Å²) in [4.78, 5) is 18.9. The van der Waals surface area contributed by atoms with E-state index in [1.165, 1.54) is 12.8 Å². The van der Waals surface area contributed by atoms with E-state index < -0.39 is 0 Å². The lowest BCUT2D eigenvalue weighted by Crippen LogP contribution is -2.35. The molecule has 1 aliphatic heterocycles. The first-order chi connectivity index (χ1) is 10.8. The number of rotatable bonds is 3. The normalized spacial score (nSPS) is 19.9. The number of H-pyrrole nitrogens is 1. The van der Waals surface area contributed by atoms with Crippen LogP contribution in [-0.2, 0) is 0 Å². The van der Waals surface area contributed by atoms with Crippen molar-refractivity contribution in [2.45, 2.75) is 24.9 Å². The molecular weight excluding hydrogens is 296 g/mol. The van der Waals surface area contributed by atoms with E-state index in [0.29, 0.717) is 5.92 Å². The van der Waals surface area contributed by atoms with Gasteiger partial charge in [0.05, 0.1) is 0 Å². The largest absolute Gasteiger partial charge is 0.343 e. The van der Waals surface area contributed by atoms with E-state index in [1.807, 2.05) is 24.1 Å². The molecule has 0 radical (unpaired) electrons. The minimum atomic E-state index is -0.239. The second-order valence-electron chi connectivity index (χ2n) is 5.56. The van der Waals surface area contributed by atoms with Crippen LogP contribution in [0.2, 0.25) is 0 Å². The lowest BCUT2D eigenvalue weighted by molar-refractivity contribution is 0.965. The summed E-state index contributed by atoms with van der Waals surface area (Å²) in [7, 11) is 1.99. The Kier molecular flexibility index (Phi) is 3.15. The Morgan fingerprint density at radius 1 is 1.32 bits per heavy atom. The molecule has 7 heteroatoms. The van der Waals surface area contributed by atoms with Crippen molar-refractivity contribution in [2.24, 2.45) is 4.99 Å². The topological polar surface area (TPSA) is 69.2 Å². The van der Waals surface area contributed by atoms with Crippen molar-refractivity contribution in [2.75, 3.05) is 17.3 Å². The van der Waals surface area contributed by atoms with Crippen LogP contribution >= 0.6 is 12.2 Å². The summed E-state index contributed by atoms with van der Waals surface area (Å²) >= 11 is 5.07. The van der Waals surface area contributed by atoms with Gasteiger partial charge in [-0.3, -0.25) is 4.98 Å². The van der Waals surface area contributed by atoms with Crippen molar-refractivity contribution in [3.8, 4) is 0 Å². The number of aromatic nitrogens is 3. The van der Waals surface area contributed by atoms with Crippen LogP contribution in [0.4, 0.5) is 11.5 Å². The molecule has 1 aliphatic carbocycles. The molecule has 4 rings (SSSR count). The van der Waals surface area contributed by atoms with Gasteiger partial charge in [-0.2, -0.15) is 0 Å². The number of aliphatic imine (C=N–C) groups is 1. The van der Waals surface area contributed by atoms with Gasteiger partial charge in [-0.1, -0.05) is 12.2 Å². The van der Waals surface area contributed by atoms with Crippen LogP contribution in [0.5, 0.6) is 0 Å². The Morgan fingerprint density at radius 2 is 2.09 bits per heavy atom. The lowest BCUT2D eigenvalue weighted by atomic mass is 10.2. The predicted molar refractivity (Wildman–Crippen MR) is 90.8 cm³/mol. The number of anilines is 2. The Bertz CT molecular complexity index is 734. The third-order valence-corrected chi connectivity index (χ3v) is 4.21. The highest BCUT2D eigenvalue weighted by atomic mass is 32.1. The number of imidazole rings is 1. The van der Waals surface area contributed by atoms with E-state index in [4.69, 9.17) is 17.2 Å². The van der Waals surface area contributed by atoms with Crippen LogP contribution in [0.3, 0.4) is 0 Å². The molecule has 0 spiro atoms. The van der Waals surface area contributed by atoms with Crippen LogP contribution in [-0.4, -0.2) is 39.4 Å². The molecule has 2 N–H and O–H groups in total. The molecule has 2 aliphatic rings. The molecule has 0 aromatic carbocycles. The van der Waals surface area contributed by atoms with Crippen LogP contribution in [0.25, 0.3) is 0 Å². The molecule has 3 heterocycles. The molecule has 6 nitrogen and oxygen atoms in total. The summed E-state index contributed by atoms with van der Waals surface area (Å²) in [6.45, 7) is 0. The zero-order valence-corrected chi connectivity index (χ0v) is 13.0. The minimum Gasteiger partial charge on any atom is -0.343 e. The van der Waals surface area contributed by atoms with Crippen molar-refractivity contribution >= 4 is 34.9 Å². The maximum absolute atomic E-state index is 5.07. The number of nitrogens with one attached hydrogen (secondary N) is 2. The monoisotopic (exact) mass is 312 g/mol. The first-order valence-electron chi connectivity index (χ1n) is 7.30. The van der Waals surface area contributed by atoms with Gasteiger partial charge in [0.25, 0.3) is 0 Å². The lowest BCUT2D eigenvalue weighted by Gasteiger charge is -2.26. The molecule has 2 aromatic rings. The molecule has 1 atom stereocenters. The first kappa shape index (κ1) is 13.4. The van der Waals surface area contributed by atoms with E-state index in [-0.39, 0.29) is 6.17 Å². The zero-order valence-electron chi connectivity index (χ0n) is 12.2. The SMILES string of the molecule is CN(C1=NC(C=S)Nc2nc(C3CC3)[nH]c21)c1ccncc1. The standard InChI is InChI=1S/C15H16N6S/c1-21(10-4-6-16-7-5-10)15-12-14(17-11(8-22)18-15)20-13(19-12)9-2-3-9/h4-9,11,17H,2-3H2,1H3,(H,19,20). The van der Waals surface area contributed by atoms with Crippen molar-refractivity contribution in [1.29, 1.82) is 0 Å². The molecule has 2 aromatic heterocycles. The number of nitrogens with zero attached hydrogens (tertiary/aromatic N) is 4. The Hall–Kier alpha value is -2.28. The van der Waals surface area contributed by atoms with Gasteiger partial charge in [-0.25, -0.2) is 9.98 Å². The first-order valence-corrected chi connectivity index (χ1v) is 7.77. The van der Waals surface area contributed by atoms with Gasteiger partial charge in [0.15, 0.2) is 17.8 Å². The van der Waals surface area contributed by atoms with Gasteiger partial charge in [0.2, 0.25) is 0 Å². The predicted octanol–water partition coefficient (Wildman–Crippen LogP) is 2.32. The number of thiocarbonyl (C=S) groups is 1. The fourth-order valence-corrected chi connectivity index (χ4v) is 2.71. The summed E-state index contributed by atoms with van der Waals surface area (Å²) in [6, 6.07) is 3.91. The molecule has 1 saturated carbocycles. The van der Waals surface area contributed by atoms with Gasteiger partial charge in [-0.15, -0.1) is 0 Å². The maximum atomic E-state index is 5.07. The molecule has 0 saturated heterocycles. The highest BCUT2D eigenvalue weighted by Crippen LogP contribution is 2.40. The van der Waals surface area contributed by atoms with Crippen molar-refractivity contribution < 1.29 is 0 Å². The van der Waals surface area contributed by atoms with Gasteiger partial charge in [-0.05, 0) is 25.0 Å². The highest BCUT2D eigenvalue weighted by molar-refractivity contribution is 7.79. The van der Waals surface area contributed by atoms with Gasteiger partial charge >= 0.3 is 0 Å². The average molecular weight is 312 g/mol.